The number of aryl methyl sites for hydroxylation is 1. The molecule has 0 bridgehead atoms. The van der Waals surface area contributed by atoms with E-state index in [-0.39, 0.29) is 16.6 Å². The van der Waals surface area contributed by atoms with Gasteiger partial charge in [0.15, 0.2) is 0 Å². The van der Waals surface area contributed by atoms with E-state index in [0.29, 0.717) is 12.6 Å². The van der Waals surface area contributed by atoms with Crippen LogP contribution in [0.25, 0.3) is 0 Å². The SMILES string of the molecule is CCn1ncc(N(CC2CCCN2)C(C)C)c(Cl)c1=O. The van der Waals surface area contributed by atoms with Gasteiger partial charge < -0.3 is 10.2 Å². The van der Waals surface area contributed by atoms with Gasteiger partial charge in [-0.15, -0.1) is 0 Å². The zero-order valence-electron chi connectivity index (χ0n) is 12.4. The predicted molar refractivity (Wildman–Crippen MR) is 82.7 cm³/mol. The van der Waals surface area contributed by atoms with Crippen LogP contribution in [-0.2, 0) is 6.54 Å². The Hall–Kier alpha value is -1.07. The molecule has 20 heavy (non-hydrogen) atoms. The lowest BCUT2D eigenvalue weighted by Crippen LogP contribution is -2.42. The van der Waals surface area contributed by atoms with Crippen LogP contribution >= 0.6 is 11.6 Å². The first kappa shape index (κ1) is 15.3. The highest BCUT2D eigenvalue weighted by atomic mass is 35.5. The van der Waals surface area contributed by atoms with Crippen LogP contribution in [0.5, 0.6) is 0 Å². The van der Waals surface area contributed by atoms with Gasteiger partial charge in [0.05, 0.1) is 11.9 Å². The maximum absolute atomic E-state index is 12.1. The van der Waals surface area contributed by atoms with Crippen molar-refractivity contribution >= 4 is 17.3 Å². The van der Waals surface area contributed by atoms with Gasteiger partial charge in [-0.25, -0.2) is 4.68 Å². The van der Waals surface area contributed by atoms with Gasteiger partial charge in [-0.05, 0) is 40.2 Å². The lowest BCUT2D eigenvalue weighted by atomic mass is 10.2. The van der Waals surface area contributed by atoms with E-state index in [4.69, 9.17) is 11.6 Å². The van der Waals surface area contributed by atoms with Crippen LogP contribution < -0.4 is 15.8 Å². The molecule has 1 fully saturated rings. The highest BCUT2D eigenvalue weighted by Crippen LogP contribution is 2.24. The summed E-state index contributed by atoms with van der Waals surface area (Å²) in [7, 11) is 0. The number of aromatic nitrogens is 2. The first-order valence-corrected chi connectivity index (χ1v) is 7.68. The fourth-order valence-electron chi connectivity index (χ4n) is 2.62. The summed E-state index contributed by atoms with van der Waals surface area (Å²) < 4.78 is 1.39. The fraction of sp³-hybridized carbons (Fsp3) is 0.714. The van der Waals surface area contributed by atoms with Crippen molar-refractivity contribution in [3.8, 4) is 0 Å². The Morgan fingerprint density at radius 3 is 2.90 bits per heavy atom. The maximum atomic E-state index is 12.1. The third-order valence-electron chi connectivity index (χ3n) is 3.78. The number of halogens is 1. The molecule has 0 aliphatic carbocycles. The molecule has 1 unspecified atom stereocenters. The molecule has 1 aliphatic rings. The number of nitrogens with zero attached hydrogens (tertiary/aromatic N) is 3. The molecule has 2 heterocycles. The monoisotopic (exact) mass is 298 g/mol. The van der Waals surface area contributed by atoms with Crippen molar-refractivity contribution in [3.63, 3.8) is 0 Å². The van der Waals surface area contributed by atoms with E-state index in [2.05, 4.69) is 29.2 Å². The van der Waals surface area contributed by atoms with Crippen molar-refractivity contribution in [1.29, 1.82) is 0 Å². The Labute approximate surface area is 124 Å². The van der Waals surface area contributed by atoms with Gasteiger partial charge in [-0.3, -0.25) is 4.79 Å². The number of rotatable bonds is 5. The number of hydrogen-bond acceptors (Lipinski definition) is 4. The molecule has 1 atom stereocenters. The van der Waals surface area contributed by atoms with Crippen LogP contribution in [-0.4, -0.2) is 35.0 Å². The number of nitrogens with one attached hydrogen (secondary N) is 1. The minimum atomic E-state index is -0.211. The van der Waals surface area contributed by atoms with E-state index in [9.17, 15) is 4.79 Å². The highest BCUT2D eigenvalue weighted by molar-refractivity contribution is 6.33. The first-order chi connectivity index (χ1) is 9.54. The molecular formula is C14H23ClN4O. The second kappa shape index (κ2) is 6.59. The van der Waals surface area contributed by atoms with Crippen LogP contribution in [0.2, 0.25) is 5.02 Å². The largest absolute Gasteiger partial charge is 0.365 e. The Morgan fingerprint density at radius 1 is 1.60 bits per heavy atom. The molecule has 1 aliphatic heterocycles. The zero-order chi connectivity index (χ0) is 14.7. The molecule has 6 heteroatoms. The van der Waals surface area contributed by atoms with Gasteiger partial charge in [-0.2, -0.15) is 5.10 Å². The topological polar surface area (TPSA) is 50.2 Å². The van der Waals surface area contributed by atoms with Crippen molar-refractivity contribution in [2.45, 2.75) is 52.2 Å². The average Bonchev–Trinajstić information content (AvgIpc) is 2.92. The molecule has 1 saturated heterocycles. The van der Waals surface area contributed by atoms with Crippen LogP contribution in [0.1, 0.15) is 33.6 Å². The Kier molecular flexibility index (Phi) is 5.05. The molecule has 2 rings (SSSR count). The van der Waals surface area contributed by atoms with Crippen LogP contribution in [0.4, 0.5) is 5.69 Å². The van der Waals surface area contributed by atoms with Gasteiger partial charge in [-0.1, -0.05) is 11.6 Å². The Balaban J connectivity index is 2.29. The van der Waals surface area contributed by atoms with E-state index in [1.807, 2.05) is 6.92 Å². The van der Waals surface area contributed by atoms with E-state index in [0.717, 1.165) is 18.8 Å². The average molecular weight is 299 g/mol. The summed E-state index contributed by atoms with van der Waals surface area (Å²) in [5, 5.41) is 7.94. The molecular weight excluding hydrogens is 276 g/mol. The van der Waals surface area contributed by atoms with Crippen molar-refractivity contribution < 1.29 is 0 Å². The van der Waals surface area contributed by atoms with Crippen LogP contribution in [0.3, 0.4) is 0 Å². The lowest BCUT2D eigenvalue weighted by molar-refractivity contribution is 0.547. The summed E-state index contributed by atoms with van der Waals surface area (Å²) in [6.07, 6.45) is 4.09. The molecule has 0 saturated carbocycles. The third-order valence-corrected chi connectivity index (χ3v) is 4.13. The van der Waals surface area contributed by atoms with Crippen molar-refractivity contribution in [2.75, 3.05) is 18.0 Å². The Morgan fingerprint density at radius 2 is 2.35 bits per heavy atom. The van der Waals surface area contributed by atoms with Gasteiger partial charge >= 0.3 is 0 Å². The summed E-state index contributed by atoms with van der Waals surface area (Å²) in [6.45, 7) is 8.56. The molecule has 1 N–H and O–H groups in total. The predicted octanol–water partition coefficient (Wildman–Crippen LogP) is 1.88. The first-order valence-electron chi connectivity index (χ1n) is 7.30. The maximum Gasteiger partial charge on any atom is 0.287 e. The summed E-state index contributed by atoms with van der Waals surface area (Å²) in [5.41, 5.74) is 0.529. The minimum Gasteiger partial charge on any atom is -0.365 e. The molecule has 1 aromatic heterocycles. The molecule has 0 spiro atoms. The molecule has 5 nitrogen and oxygen atoms in total. The highest BCUT2D eigenvalue weighted by Gasteiger charge is 2.23. The fourth-order valence-corrected chi connectivity index (χ4v) is 2.87. The molecule has 1 aromatic rings. The lowest BCUT2D eigenvalue weighted by Gasteiger charge is -2.31. The van der Waals surface area contributed by atoms with E-state index in [1.165, 1.54) is 17.5 Å². The molecule has 112 valence electrons. The zero-order valence-corrected chi connectivity index (χ0v) is 13.2. The van der Waals surface area contributed by atoms with E-state index < -0.39 is 0 Å². The summed E-state index contributed by atoms with van der Waals surface area (Å²) in [5.74, 6) is 0. The van der Waals surface area contributed by atoms with Gasteiger partial charge in [0.1, 0.15) is 5.02 Å². The quantitative estimate of drug-likeness (QED) is 0.902. The van der Waals surface area contributed by atoms with Gasteiger partial charge in [0.2, 0.25) is 0 Å². The van der Waals surface area contributed by atoms with Crippen LogP contribution in [0.15, 0.2) is 11.0 Å². The molecule has 0 amide bonds. The Bertz CT molecular complexity index is 508. The van der Waals surface area contributed by atoms with Gasteiger partial charge in [0, 0.05) is 25.2 Å². The minimum absolute atomic E-state index is 0.211. The van der Waals surface area contributed by atoms with Crippen molar-refractivity contribution in [2.24, 2.45) is 0 Å². The number of anilines is 1. The van der Waals surface area contributed by atoms with Crippen molar-refractivity contribution in [1.82, 2.24) is 15.1 Å². The second-order valence-corrected chi connectivity index (χ2v) is 5.88. The third kappa shape index (κ3) is 3.15. The van der Waals surface area contributed by atoms with Crippen LogP contribution in [0, 0.1) is 0 Å². The summed E-state index contributed by atoms with van der Waals surface area (Å²) >= 11 is 6.27. The normalized spacial score (nSPS) is 18.8. The van der Waals surface area contributed by atoms with Gasteiger partial charge in [0.25, 0.3) is 5.56 Å². The smallest absolute Gasteiger partial charge is 0.287 e. The summed E-state index contributed by atoms with van der Waals surface area (Å²) in [4.78, 5) is 14.3. The standard InChI is InChI=1S/C14H23ClN4O/c1-4-19-14(20)13(15)12(8-17-19)18(10(2)3)9-11-6-5-7-16-11/h8,10-11,16H,4-7,9H2,1-3H3. The van der Waals surface area contributed by atoms with Crippen molar-refractivity contribution in [3.05, 3.63) is 21.6 Å². The molecule has 0 radical (unpaired) electrons. The summed E-state index contributed by atoms with van der Waals surface area (Å²) in [6, 6.07) is 0.732. The van der Waals surface area contributed by atoms with E-state index in [1.54, 1.807) is 6.20 Å². The molecule has 0 aromatic carbocycles. The number of hydrogen-bond donors (Lipinski definition) is 1. The second-order valence-electron chi connectivity index (χ2n) is 5.50. The van der Waals surface area contributed by atoms with E-state index >= 15 is 0 Å².